The lowest BCUT2D eigenvalue weighted by Crippen LogP contribution is -2.37. The highest BCUT2D eigenvalue weighted by Crippen LogP contribution is 2.31. The first-order valence-corrected chi connectivity index (χ1v) is 11.3. The molecule has 3 rings (SSSR count). The van der Waals surface area contributed by atoms with Crippen LogP contribution in [0.5, 0.6) is 0 Å². The molecule has 0 radical (unpaired) electrons. The number of aryl methyl sites for hydroxylation is 3. The van der Waals surface area contributed by atoms with E-state index >= 15 is 0 Å². The molecule has 0 aliphatic carbocycles. The van der Waals surface area contributed by atoms with Crippen LogP contribution in [0.15, 0.2) is 36.4 Å². The highest BCUT2D eigenvalue weighted by atomic mass is 32.2. The van der Waals surface area contributed by atoms with Crippen LogP contribution in [0.3, 0.4) is 0 Å². The summed E-state index contributed by atoms with van der Waals surface area (Å²) in [6, 6.07) is 11.3. The topological polar surface area (TPSA) is 66.5 Å². The molecular formula is C22H28N2O3S. The van der Waals surface area contributed by atoms with Crippen molar-refractivity contribution in [2.24, 2.45) is 5.92 Å². The van der Waals surface area contributed by atoms with Gasteiger partial charge in [-0.05, 0) is 61.1 Å². The maximum Gasteiger partial charge on any atom is 0.236 e. The molecule has 1 amide bonds. The molecule has 2 aromatic carbocycles. The zero-order chi connectivity index (χ0) is 20.5. The van der Waals surface area contributed by atoms with E-state index in [1.165, 1.54) is 0 Å². The molecular weight excluding hydrogens is 372 g/mol. The van der Waals surface area contributed by atoms with E-state index in [9.17, 15) is 13.2 Å². The van der Waals surface area contributed by atoms with Crippen molar-refractivity contribution in [1.82, 2.24) is 0 Å². The lowest BCUT2D eigenvalue weighted by Gasteiger charge is -2.31. The highest BCUT2D eigenvalue weighted by Gasteiger charge is 2.25. The number of hydrogen-bond donors (Lipinski definition) is 1. The first kappa shape index (κ1) is 20.4. The van der Waals surface area contributed by atoms with Crippen molar-refractivity contribution in [1.29, 1.82) is 0 Å². The Morgan fingerprint density at radius 2 is 1.82 bits per heavy atom. The summed E-state index contributed by atoms with van der Waals surface area (Å²) in [6.45, 7) is 8.71. The minimum Gasteiger partial charge on any atom is -0.312 e. The van der Waals surface area contributed by atoms with Crippen molar-refractivity contribution in [3.8, 4) is 0 Å². The molecule has 0 spiro atoms. The predicted octanol–water partition coefficient (Wildman–Crippen LogP) is 4.18. The molecule has 150 valence electrons. The molecule has 0 bridgehead atoms. The SMILES string of the molecule is Cc1ccc(C)c(CS(=O)(=O)Nc2ccc3c(c2)CCC(=O)N3CC(C)C)c1. The van der Waals surface area contributed by atoms with Crippen LogP contribution in [0.25, 0.3) is 0 Å². The monoisotopic (exact) mass is 400 g/mol. The summed E-state index contributed by atoms with van der Waals surface area (Å²) in [7, 11) is -3.53. The van der Waals surface area contributed by atoms with Gasteiger partial charge in [-0.25, -0.2) is 8.42 Å². The van der Waals surface area contributed by atoms with E-state index in [4.69, 9.17) is 0 Å². The van der Waals surface area contributed by atoms with E-state index in [0.717, 1.165) is 27.9 Å². The lowest BCUT2D eigenvalue weighted by molar-refractivity contribution is -0.119. The Balaban J connectivity index is 1.81. The fourth-order valence-corrected chi connectivity index (χ4v) is 4.84. The van der Waals surface area contributed by atoms with Gasteiger partial charge in [-0.15, -0.1) is 0 Å². The van der Waals surface area contributed by atoms with Crippen LogP contribution in [-0.4, -0.2) is 20.9 Å². The summed E-state index contributed by atoms with van der Waals surface area (Å²) in [6.07, 6.45) is 1.09. The molecule has 1 heterocycles. The normalized spacial score (nSPS) is 14.3. The molecule has 28 heavy (non-hydrogen) atoms. The zero-order valence-electron chi connectivity index (χ0n) is 17.0. The molecule has 1 aliphatic rings. The Morgan fingerprint density at radius 1 is 1.07 bits per heavy atom. The van der Waals surface area contributed by atoms with Crippen LogP contribution < -0.4 is 9.62 Å². The first-order chi connectivity index (χ1) is 13.1. The van der Waals surface area contributed by atoms with Crippen molar-refractivity contribution in [3.63, 3.8) is 0 Å². The fraction of sp³-hybridized carbons (Fsp3) is 0.409. The number of anilines is 2. The predicted molar refractivity (Wildman–Crippen MR) is 114 cm³/mol. The Hall–Kier alpha value is -2.34. The first-order valence-electron chi connectivity index (χ1n) is 9.64. The smallest absolute Gasteiger partial charge is 0.236 e. The van der Waals surface area contributed by atoms with Gasteiger partial charge >= 0.3 is 0 Å². The van der Waals surface area contributed by atoms with Crippen molar-refractivity contribution in [3.05, 3.63) is 58.7 Å². The van der Waals surface area contributed by atoms with Gasteiger partial charge in [0.05, 0.1) is 5.75 Å². The minimum atomic E-state index is -3.53. The maximum atomic E-state index is 12.7. The summed E-state index contributed by atoms with van der Waals surface area (Å²) < 4.78 is 28.1. The number of carbonyl (C=O) groups excluding carboxylic acids is 1. The second-order valence-corrected chi connectivity index (χ2v) is 9.76. The van der Waals surface area contributed by atoms with E-state index in [0.29, 0.717) is 31.0 Å². The number of fused-ring (bicyclic) bond motifs is 1. The molecule has 6 heteroatoms. The van der Waals surface area contributed by atoms with Crippen LogP contribution in [0.2, 0.25) is 0 Å². The number of nitrogens with one attached hydrogen (secondary N) is 1. The van der Waals surface area contributed by atoms with Crippen molar-refractivity contribution < 1.29 is 13.2 Å². The third-order valence-corrected chi connectivity index (χ3v) is 6.19. The zero-order valence-corrected chi connectivity index (χ0v) is 17.8. The van der Waals surface area contributed by atoms with Gasteiger partial charge in [0.1, 0.15) is 0 Å². The second kappa shape index (κ2) is 7.95. The fourth-order valence-electron chi connectivity index (χ4n) is 3.56. The average molecular weight is 401 g/mol. The third kappa shape index (κ3) is 4.73. The molecule has 0 saturated heterocycles. The Bertz CT molecular complexity index is 997. The molecule has 0 atom stereocenters. The van der Waals surface area contributed by atoms with Crippen LogP contribution in [0.4, 0.5) is 11.4 Å². The molecule has 1 aliphatic heterocycles. The molecule has 0 unspecified atom stereocenters. The van der Waals surface area contributed by atoms with Crippen LogP contribution in [0, 0.1) is 19.8 Å². The van der Waals surface area contributed by atoms with E-state index in [1.54, 1.807) is 6.07 Å². The van der Waals surface area contributed by atoms with E-state index < -0.39 is 10.0 Å². The largest absolute Gasteiger partial charge is 0.312 e. The Kier molecular flexibility index (Phi) is 5.79. The number of sulfonamides is 1. The van der Waals surface area contributed by atoms with Gasteiger partial charge in [-0.1, -0.05) is 37.6 Å². The average Bonchev–Trinajstić information content (AvgIpc) is 2.60. The number of amides is 1. The summed E-state index contributed by atoms with van der Waals surface area (Å²) in [4.78, 5) is 14.1. The van der Waals surface area contributed by atoms with Crippen LogP contribution >= 0.6 is 0 Å². The van der Waals surface area contributed by atoms with E-state index in [-0.39, 0.29) is 11.7 Å². The maximum absolute atomic E-state index is 12.7. The van der Waals surface area contributed by atoms with Gasteiger partial charge in [0.2, 0.25) is 15.9 Å². The summed E-state index contributed by atoms with van der Waals surface area (Å²) in [5.74, 6) is 0.436. The number of nitrogens with zero attached hydrogens (tertiary/aromatic N) is 1. The quantitative estimate of drug-likeness (QED) is 0.791. The van der Waals surface area contributed by atoms with Crippen molar-refractivity contribution in [2.45, 2.75) is 46.3 Å². The van der Waals surface area contributed by atoms with Gasteiger partial charge in [-0.2, -0.15) is 0 Å². The molecule has 5 nitrogen and oxygen atoms in total. The molecule has 0 fully saturated rings. The summed E-state index contributed by atoms with van der Waals surface area (Å²) >= 11 is 0. The van der Waals surface area contributed by atoms with E-state index in [2.05, 4.69) is 18.6 Å². The van der Waals surface area contributed by atoms with Crippen molar-refractivity contribution in [2.75, 3.05) is 16.2 Å². The lowest BCUT2D eigenvalue weighted by atomic mass is 9.99. The standard InChI is InChI=1S/C22H28N2O3S/c1-15(2)13-24-21-9-8-20(12-18(21)7-10-22(24)25)23-28(26,27)14-19-11-16(3)5-6-17(19)4/h5-6,8-9,11-12,15,23H,7,10,13-14H2,1-4H3. The van der Waals surface area contributed by atoms with Crippen LogP contribution in [0.1, 0.15) is 42.5 Å². The highest BCUT2D eigenvalue weighted by molar-refractivity contribution is 7.91. The number of carbonyl (C=O) groups is 1. The second-order valence-electron chi connectivity index (χ2n) is 8.03. The summed E-state index contributed by atoms with van der Waals surface area (Å²) in [5.41, 5.74) is 5.25. The van der Waals surface area contributed by atoms with Gasteiger partial charge in [0.25, 0.3) is 0 Å². The van der Waals surface area contributed by atoms with Crippen LogP contribution in [-0.2, 0) is 27.0 Å². The number of hydrogen-bond acceptors (Lipinski definition) is 3. The third-order valence-electron chi connectivity index (χ3n) is 4.95. The molecule has 1 N–H and O–H groups in total. The molecule has 0 aromatic heterocycles. The van der Waals surface area contributed by atoms with E-state index in [1.807, 2.05) is 49.1 Å². The Labute approximate surface area is 167 Å². The minimum absolute atomic E-state index is 0.0600. The number of benzene rings is 2. The molecule has 0 saturated carbocycles. The van der Waals surface area contributed by atoms with Crippen molar-refractivity contribution >= 4 is 27.3 Å². The van der Waals surface area contributed by atoms with Gasteiger partial charge < -0.3 is 4.90 Å². The van der Waals surface area contributed by atoms with Gasteiger partial charge in [0.15, 0.2) is 0 Å². The number of rotatable bonds is 6. The Morgan fingerprint density at radius 3 is 2.54 bits per heavy atom. The van der Waals surface area contributed by atoms with Gasteiger partial charge in [-0.3, -0.25) is 9.52 Å². The summed E-state index contributed by atoms with van der Waals surface area (Å²) in [5, 5.41) is 0. The van der Waals surface area contributed by atoms with Gasteiger partial charge in [0, 0.05) is 24.3 Å². The molecule has 2 aromatic rings.